The number of nitrogens with zero attached hydrogens (tertiary/aromatic N) is 3. The first kappa shape index (κ1) is 28.3. The number of hydrogen-bond acceptors (Lipinski definition) is 4. The summed E-state index contributed by atoms with van der Waals surface area (Å²) >= 11 is 0. The molecule has 50 heavy (non-hydrogen) atoms. The van der Waals surface area contributed by atoms with E-state index in [1.165, 1.54) is 10.8 Å². The topological polar surface area (TPSA) is 54.8 Å². The molecule has 1 aliphatic heterocycles. The second kappa shape index (κ2) is 11.5. The molecule has 9 aromatic rings. The van der Waals surface area contributed by atoms with Crippen LogP contribution in [0.4, 0.5) is 0 Å². The smallest absolute Gasteiger partial charge is 0.159 e. The zero-order chi connectivity index (χ0) is 33.0. The fraction of sp³-hybridized carbons (Fsp3) is 0.0222. The first-order chi connectivity index (χ1) is 24.8. The minimum Gasteiger partial charge on any atom is -0.456 e. The van der Waals surface area contributed by atoms with Gasteiger partial charge in [-0.05, 0) is 47.5 Å². The maximum atomic E-state index is 6.18. The van der Waals surface area contributed by atoms with Crippen LogP contribution in [0.1, 0.15) is 22.9 Å². The van der Waals surface area contributed by atoms with E-state index < -0.39 is 0 Å². The molecule has 7 aromatic carbocycles. The van der Waals surface area contributed by atoms with E-state index in [1.807, 2.05) is 48.5 Å². The lowest BCUT2D eigenvalue weighted by atomic mass is 10.00. The normalized spacial score (nSPS) is 14.6. The molecule has 3 heterocycles. The van der Waals surface area contributed by atoms with Crippen molar-refractivity contribution < 1.29 is 4.42 Å². The molecule has 0 aliphatic carbocycles. The molecule has 0 radical (unpaired) electrons. The summed E-state index contributed by atoms with van der Waals surface area (Å²) in [6.45, 7) is 0. The van der Waals surface area contributed by atoms with Crippen LogP contribution in [0.15, 0.2) is 184 Å². The maximum Gasteiger partial charge on any atom is 0.159 e. The van der Waals surface area contributed by atoms with E-state index in [-0.39, 0.29) is 6.17 Å². The third-order valence-electron chi connectivity index (χ3n) is 9.65. The number of aromatic nitrogens is 1. The Balaban J connectivity index is 1.15. The van der Waals surface area contributed by atoms with Gasteiger partial charge < -0.3 is 14.3 Å². The first-order valence-corrected chi connectivity index (χ1v) is 16.9. The van der Waals surface area contributed by atoms with Crippen LogP contribution in [-0.4, -0.2) is 16.2 Å². The Morgan fingerprint density at radius 2 is 1.22 bits per heavy atom. The van der Waals surface area contributed by atoms with Crippen LogP contribution in [0.25, 0.3) is 60.6 Å². The Morgan fingerprint density at radius 3 is 2.08 bits per heavy atom. The molecule has 5 heteroatoms. The number of amidine groups is 2. The monoisotopic (exact) mass is 642 g/mol. The van der Waals surface area contributed by atoms with E-state index in [4.69, 9.17) is 14.4 Å². The molecule has 5 nitrogen and oxygen atoms in total. The summed E-state index contributed by atoms with van der Waals surface area (Å²) in [5.74, 6) is 1.51. The predicted octanol–water partition coefficient (Wildman–Crippen LogP) is 10.8. The molecular formula is C45H30N4O. The summed E-state index contributed by atoms with van der Waals surface area (Å²) in [6.07, 6.45) is -0.331. The number of aliphatic imine (C=N–C) groups is 2. The van der Waals surface area contributed by atoms with Gasteiger partial charge in [0, 0.05) is 43.9 Å². The lowest BCUT2D eigenvalue weighted by Gasteiger charge is -2.24. The zero-order valence-corrected chi connectivity index (χ0v) is 27.0. The molecular weight excluding hydrogens is 613 g/mol. The van der Waals surface area contributed by atoms with Crippen LogP contribution in [0.2, 0.25) is 0 Å². The fourth-order valence-electron chi connectivity index (χ4n) is 7.33. The van der Waals surface area contributed by atoms with Crippen molar-refractivity contribution in [3.8, 4) is 16.8 Å². The van der Waals surface area contributed by atoms with Crippen molar-refractivity contribution in [3.05, 3.63) is 187 Å². The van der Waals surface area contributed by atoms with E-state index in [9.17, 15) is 0 Å². The van der Waals surface area contributed by atoms with E-state index >= 15 is 0 Å². The standard InChI is InChI=1S/C45H30N4O/c1-3-13-29(14-4-1)43-46-44(30-15-5-2-6-16-30)48-45(47-43)32-17-11-18-33(27-32)49-39-23-9-7-19-35(39)37-22-12-21-34(42(37)49)31-25-26-41-38(28-31)36-20-8-10-24-40(36)50-41/h1-28,45H,(H,46,47,48). The van der Waals surface area contributed by atoms with Crippen LogP contribution >= 0.6 is 0 Å². The average Bonchev–Trinajstić information content (AvgIpc) is 3.74. The molecule has 10 rings (SSSR count). The van der Waals surface area contributed by atoms with Gasteiger partial charge in [0.1, 0.15) is 23.2 Å². The van der Waals surface area contributed by atoms with Crippen LogP contribution in [0.5, 0.6) is 0 Å². The van der Waals surface area contributed by atoms with Gasteiger partial charge in [-0.1, -0.05) is 133 Å². The highest BCUT2D eigenvalue weighted by molar-refractivity contribution is 6.15. The number of fused-ring (bicyclic) bond motifs is 6. The third-order valence-corrected chi connectivity index (χ3v) is 9.65. The summed E-state index contributed by atoms with van der Waals surface area (Å²) in [5, 5.41) is 8.30. The minimum atomic E-state index is -0.331. The van der Waals surface area contributed by atoms with Gasteiger partial charge in [-0.3, -0.25) is 0 Å². The van der Waals surface area contributed by atoms with Gasteiger partial charge in [0.15, 0.2) is 5.84 Å². The number of benzene rings is 7. The summed E-state index contributed by atoms with van der Waals surface area (Å²) in [5.41, 5.74) is 10.5. The molecule has 0 saturated heterocycles. The number of para-hydroxylation sites is 3. The van der Waals surface area contributed by atoms with E-state index in [1.54, 1.807) is 0 Å². The Labute approximate surface area is 288 Å². The van der Waals surface area contributed by atoms with Crippen molar-refractivity contribution >= 4 is 55.4 Å². The molecule has 1 unspecified atom stereocenters. The number of nitrogens with one attached hydrogen (secondary N) is 1. The molecule has 0 fully saturated rings. The van der Waals surface area contributed by atoms with Gasteiger partial charge in [-0.2, -0.15) is 0 Å². The second-order valence-electron chi connectivity index (χ2n) is 12.7. The van der Waals surface area contributed by atoms with Crippen LogP contribution in [0, 0.1) is 0 Å². The largest absolute Gasteiger partial charge is 0.456 e. The summed E-state index contributed by atoms with van der Waals surface area (Å²) in [4.78, 5) is 10.1. The second-order valence-corrected chi connectivity index (χ2v) is 12.7. The van der Waals surface area contributed by atoms with Crippen LogP contribution < -0.4 is 5.32 Å². The molecule has 1 N–H and O–H groups in total. The van der Waals surface area contributed by atoms with Crippen LogP contribution in [-0.2, 0) is 0 Å². The van der Waals surface area contributed by atoms with Crippen molar-refractivity contribution in [2.24, 2.45) is 9.98 Å². The quantitative estimate of drug-likeness (QED) is 0.203. The lowest BCUT2D eigenvalue weighted by molar-refractivity contribution is 0.669. The Kier molecular flexibility index (Phi) is 6.49. The summed E-state index contributed by atoms with van der Waals surface area (Å²) in [7, 11) is 0. The summed E-state index contributed by atoms with van der Waals surface area (Å²) in [6, 6.07) is 59.3. The molecule has 1 aliphatic rings. The minimum absolute atomic E-state index is 0.331. The Hall–Kier alpha value is -6.72. The van der Waals surface area contributed by atoms with Gasteiger partial charge in [0.2, 0.25) is 0 Å². The molecule has 0 saturated carbocycles. The predicted molar refractivity (Wildman–Crippen MR) is 205 cm³/mol. The van der Waals surface area contributed by atoms with Gasteiger partial charge in [-0.15, -0.1) is 0 Å². The highest BCUT2D eigenvalue weighted by Crippen LogP contribution is 2.40. The van der Waals surface area contributed by atoms with Crippen molar-refractivity contribution in [2.75, 3.05) is 0 Å². The molecule has 236 valence electrons. The molecule has 0 bridgehead atoms. The maximum absolute atomic E-state index is 6.18. The van der Waals surface area contributed by atoms with Gasteiger partial charge in [-0.25, -0.2) is 9.98 Å². The Bertz CT molecular complexity index is 2790. The first-order valence-electron chi connectivity index (χ1n) is 16.9. The molecule has 0 amide bonds. The number of hydrogen-bond donors (Lipinski definition) is 1. The molecule has 0 spiro atoms. The Morgan fingerprint density at radius 1 is 0.520 bits per heavy atom. The molecule has 1 atom stereocenters. The highest BCUT2D eigenvalue weighted by Gasteiger charge is 2.23. The SMILES string of the molecule is c1ccc(C2=NC(c3cccc(-n4c5ccccc5c5cccc(-c6ccc7oc8ccccc8c7c6)c54)c3)NC(c3ccccc3)=N2)cc1. The van der Waals surface area contributed by atoms with Crippen molar-refractivity contribution in [2.45, 2.75) is 6.17 Å². The number of rotatable bonds is 5. The van der Waals surface area contributed by atoms with Gasteiger partial charge in [0.25, 0.3) is 0 Å². The third kappa shape index (κ3) is 4.63. The zero-order valence-electron chi connectivity index (χ0n) is 27.0. The van der Waals surface area contributed by atoms with Crippen LogP contribution in [0.3, 0.4) is 0 Å². The molecule has 2 aromatic heterocycles. The average molecular weight is 643 g/mol. The van der Waals surface area contributed by atoms with Gasteiger partial charge >= 0.3 is 0 Å². The highest BCUT2D eigenvalue weighted by atomic mass is 16.3. The van der Waals surface area contributed by atoms with E-state index in [0.717, 1.165) is 72.3 Å². The number of furan rings is 1. The van der Waals surface area contributed by atoms with Crippen molar-refractivity contribution in [1.29, 1.82) is 0 Å². The lowest BCUT2D eigenvalue weighted by Crippen LogP contribution is -2.33. The summed E-state index contributed by atoms with van der Waals surface area (Å²) < 4.78 is 8.58. The van der Waals surface area contributed by atoms with Crippen molar-refractivity contribution in [1.82, 2.24) is 9.88 Å². The van der Waals surface area contributed by atoms with E-state index in [0.29, 0.717) is 5.84 Å². The van der Waals surface area contributed by atoms with Crippen molar-refractivity contribution in [3.63, 3.8) is 0 Å². The fourth-order valence-corrected chi connectivity index (χ4v) is 7.33. The van der Waals surface area contributed by atoms with Gasteiger partial charge in [0.05, 0.1) is 11.0 Å². The van der Waals surface area contributed by atoms with E-state index in [2.05, 4.69) is 131 Å².